The van der Waals surface area contributed by atoms with E-state index in [2.05, 4.69) is 25.6 Å². The fourth-order valence-corrected chi connectivity index (χ4v) is 3.26. The van der Waals surface area contributed by atoms with Gasteiger partial charge in [0.1, 0.15) is 18.8 Å². The third-order valence-electron chi connectivity index (χ3n) is 4.80. The largest absolute Gasteiger partial charge is 0.463 e. The number of fused-ring (bicyclic) bond motifs is 1. The first-order chi connectivity index (χ1) is 16.1. The number of nitrogens with one attached hydrogen (secondary N) is 2. The lowest BCUT2D eigenvalue weighted by Crippen LogP contribution is -2.11. The number of hydrogen-bond donors (Lipinski definition) is 2. The van der Waals surface area contributed by atoms with E-state index in [1.807, 2.05) is 12.1 Å². The molecule has 166 valence electrons. The molecule has 0 unspecified atom stereocenters. The number of halogens is 3. The van der Waals surface area contributed by atoms with Gasteiger partial charge in [0, 0.05) is 22.8 Å². The van der Waals surface area contributed by atoms with Crippen LogP contribution < -0.4 is 15.4 Å². The van der Waals surface area contributed by atoms with Gasteiger partial charge in [-0.15, -0.1) is 0 Å². The Morgan fingerprint density at radius 2 is 1.64 bits per heavy atom. The van der Waals surface area contributed by atoms with Crippen LogP contribution in [0, 0.1) is 17.5 Å². The van der Waals surface area contributed by atoms with Crippen LogP contribution in [0.2, 0.25) is 0 Å². The lowest BCUT2D eigenvalue weighted by Gasteiger charge is -2.12. The standard InChI is InChI=1S/C23H16F3N5O2/c24-16-2-1-3-17(25)21(16)33-20-7-5-14(11-18(20)26)30-22-15-10-13(31-23-27-8-9-32-23)4-6-19(15)28-12-29-22/h1-7,10-12H,8-9H2,(H,27,31)(H,28,29,30). The third-order valence-corrected chi connectivity index (χ3v) is 4.80. The Hall–Kier alpha value is -4.34. The number of aliphatic imine (C=N–C) groups is 1. The van der Waals surface area contributed by atoms with Crippen LogP contribution in [0.4, 0.5) is 30.4 Å². The first-order valence-corrected chi connectivity index (χ1v) is 9.94. The summed E-state index contributed by atoms with van der Waals surface area (Å²) in [5.41, 5.74) is 1.75. The molecule has 2 N–H and O–H groups in total. The second kappa shape index (κ2) is 8.65. The second-order valence-electron chi connectivity index (χ2n) is 7.04. The van der Waals surface area contributed by atoms with E-state index >= 15 is 0 Å². The molecule has 0 bridgehead atoms. The molecule has 5 rings (SSSR count). The van der Waals surface area contributed by atoms with Gasteiger partial charge in [-0.1, -0.05) is 6.07 Å². The van der Waals surface area contributed by atoms with E-state index in [9.17, 15) is 13.2 Å². The number of benzene rings is 3. The molecule has 1 aromatic heterocycles. The highest BCUT2D eigenvalue weighted by Crippen LogP contribution is 2.32. The van der Waals surface area contributed by atoms with Gasteiger partial charge in [0.2, 0.25) is 0 Å². The summed E-state index contributed by atoms with van der Waals surface area (Å²) < 4.78 is 52.7. The normalized spacial score (nSPS) is 12.9. The average Bonchev–Trinajstić information content (AvgIpc) is 3.31. The van der Waals surface area contributed by atoms with Crippen LogP contribution in [0.1, 0.15) is 0 Å². The fraction of sp³-hybridized carbons (Fsp3) is 0.0870. The van der Waals surface area contributed by atoms with E-state index in [4.69, 9.17) is 9.47 Å². The Balaban J connectivity index is 1.40. The average molecular weight is 451 g/mol. The number of ether oxygens (including phenoxy) is 2. The van der Waals surface area contributed by atoms with Crippen molar-refractivity contribution in [3.05, 3.63) is 78.4 Å². The Labute approximate surface area is 185 Å². The van der Waals surface area contributed by atoms with Crippen molar-refractivity contribution in [3.63, 3.8) is 0 Å². The lowest BCUT2D eigenvalue weighted by molar-refractivity contribution is 0.346. The van der Waals surface area contributed by atoms with E-state index < -0.39 is 23.2 Å². The summed E-state index contributed by atoms with van der Waals surface area (Å²) in [6.07, 6.45) is 1.39. The minimum Gasteiger partial charge on any atom is -0.463 e. The highest BCUT2D eigenvalue weighted by Gasteiger charge is 2.15. The molecule has 0 atom stereocenters. The molecule has 1 aliphatic rings. The molecule has 0 aliphatic carbocycles. The van der Waals surface area contributed by atoms with E-state index in [-0.39, 0.29) is 5.75 Å². The molecule has 0 radical (unpaired) electrons. The molecule has 0 saturated carbocycles. The fourth-order valence-electron chi connectivity index (χ4n) is 3.26. The summed E-state index contributed by atoms with van der Waals surface area (Å²) in [6.45, 7) is 1.13. The topological polar surface area (TPSA) is 80.7 Å². The van der Waals surface area contributed by atoms with Gasteiger partial charge in [0.15, 0.2) is 29.0 Å². The quantitative estimate of drug-likeness (QED) is 0.424. The Morgan fingerprint density at radius 1 is 0.848 bits per heavy atom. The molecule has 4 aromatic rings. The van der Waals surface area contributed by atoms with Crippen molar-refractivity contribution >= 4 is 34.1 Å². The van der Waals surface area contributed by atoms with Crippen molar-refractivity contribution in [3.8, 4) is 11.5 Å². The second-order valence-corrected chi connectivity index (χ2v) is 7.04. The van der Waals surface area contributed by atoms with Gasteiger partial charge in [-0.25, -0.2) is 28.1 Å². The predicted octanol–water partition coefficient (Wildman–Crippen LogP) is 5.38. The van der Waals surface area contributed by atoms with E-state index in [0.29, 0.717) is 41.6 Å². The van der Waals surface area contributed by atoms with Crippen LogP contribution in [0.5, 0.6) is 11.5 Å². The molecular weight excluding hydrogens is 435 g/mol. The molecule has 0 amide bonds. The maximum Gasteiger partial charge on any atom is 0.289 e. The van der Waals surface area contributed by atoms with Crippen molar-refractivity contribution in [2.75, 3.05) is 23.8 Å². The van der Waals surface area contributed by atoms with Crippen LogP contribution in [0.25, 0.3) is 10.9 Å². The number of nitrogens with zero attached hydrogens (tertiary/aromatic N) is 3. The monoisotopic (exact) mass is 451 g/mol. The minimum atomic E-state index is -0.928. The van der Waals surface area contributed by atoms with Crippen molar-refractivity contribution in [2.45, 2.75) is 0 Å². The Kier molecular flexibility index (Phi) is 5.39. The van der Waals surface area contributed by atoms with Crippen LogP contribution >= 0.6 is 0 Å². The maximum atomic E-state index is 14.6. The van der Waals surface area contributed by atoms with E-state index in [0.717, 1.165) is 23.9 Å². The Bertz CT molecular complexity index is 1360. The molecule has 1 aliphatic heterocycles. The lowest BCUT2D eigenvalue weighted by atomic mass is 10.2. The molecule has 0 saturated heterocycles. The third kappa shape index (κ3) is 4.36. The van der Waals surface area contributed by atoms with Gasteiger partial charge in [-0.2, -0.15) is 0 Å². The zero-order chi connectivity index (χ0) is 22.8. The zero-order valence-corrected chi connectivity index (χ0v) is 17.0. The van der Waals surface area contributed by atoms with Crippen LogP contribution in [0.3, 0.4) is 0 Å². The maximum absolute atomic E-state index is 14.6. The highest BCUT2D eigenvalue weighted by molar-refractivity contribution is 5.97. The smallest absolute Gasteiger partial charge is 0.289 e. The summed E-state index contributed by atoms with van der Waals surface area (Å²) in [4.78, 5) is 12.7. The molecular formula is C23H16F3N5O2. The molecule has 10 heteroatoms. The summed E-state index contributed by atoms with van der Waals surface area (Å²) >= 11 is 0. The van der Waals surface area contributed by atoms with Gasteiger partial charge >= 0.3 is 0 Å². The molecule has 2 heterocycles. The molecule has 33 heavy (non-hydrogen) atoms. The number of hydrogen-bond acceptors (Lipinski definition) is 7. The number of anilines is 3. The highest BCUT2D eigenvalue weighted by atomic mass is 19.1. The van der Waals surface area contributed by atoms with Crippen molar-refractivity contribution < 1.29 is 22.6 Å². The summed E-state index contributed by atoms with van der Waals surface area (Å²) in [7, 11) is 0. The first-order valence-electron chi connectivity index (χ1n) is 9.94. The minimum absolute atomic E-state index is 0.319. The van der Waals surface area contributed by atoms with Gasteiger partial charge < -0.3 is 20.1 Å². The number of amidine groups is 1. The van der Waals surface area contributed by atoms with Crippen molar-refractivity contribution in [2.24, 2.45) is 4.99 Å². The zero-order valence-electron chi connectivity index (χ0n) is 17.0. The predicted molar refractivity (Wildman–Crippen MR) is 118 cm³/mol. The molecule has 3 aromatic carbocycles. The Morgan fingerprint density at radius 3 is 2.39 bits per heavy atom. The SMILES string of the molecule is Fc1cc(Nc2ncnc3ccc(NC4=NCCO4)cc23)ccc1Oc1c(F)cccc1F. The van der Waals surface area contributed by atoms with E-state index in [1.165, 1.54) is 24.5 Å². The van der Waals surface area contributed by atoms with Crippen molar-refractivity contribution in [1.82, 2.24) is 9.97 Å². The summed E-state index contributed by atoms with van der Waals surface area (Å²) in [5, 5.41) is 6.79. The first kappa shape index (κ1) is 20.6. The van der Waals surface area contributed by atoms with Gasteiger partial charge in [0.05, 0.1) is 12.1 Å². The molecule has 0 spiro atoms. The number of rotatable bonds is 5. The number of aromatic nitrogens is 2. The van der Waals surface area contributed by atoms with Crippen LogP contribution in [0.15, 0.2) is 65.9 Å². The van der Waals surface area contributed by atoms with Crippen molar-refractivity contribution in [1.29, 1.82) is 0 Å². The van der Waals surface area contributed by atoms with Gasteiger partial charge in [-0.05, 0) is 42.5 Å². The van der Waals surface area contributed by atoms with Crippen LogP contribution in [-0.4, -0.2) is 29.1 Å². The van der Waals surface area contributed by atoms with Gasteiger partial charge in [0.25, 0.3) is 6.02 Å². The van der Waals surface area contributed by atoms with Gasteiger partial charge in [-0.3, -0.25) is 0 Å². The summed E-state index contributed by atoms with van der Waals surface area (Å²) in [6, 6.07) is 13.1. The summed E-state index contributed by atoms with van der Waals surface area (Å²) in [5.74, 6) is -3.22. The number of para-hydroxylation sites is 1. The molecule has 7 nitrogen and oxygen atoms in total. The van der Waals surface area contributed by atoms with Crippen LogP contribution in [-0.2, 0) is 4.74 Å². The molecule has 0 fully saturated rings. The van der Waals surface area contributed by atoms with E-state index in [1.54, 1.807) is 6.07 Å².